The molecule has 2 nitrogen and oxygen atoms in total. The SMILES string of the molecule is CS(=O)(=O)c1ccc(C2=C(c3ccc(S)cc3)CC3(CC3)C2)cc1. The highest BCUT2D eigenvalue weighted by molar-refractivity contribution is 7.90. The second-order valence-corrected chi connectivity index (χ2v) is 9.69. The molecule has 4 heteroatoms. The molecule has 2 aromatic rings. The lowest BCUT2D eigenvalue weighted by Gasteiger charge is -2.09. The van der Waals surface area contributed by atoms with Crippen LogP contribution in [0.2, 0.25) is 0 Å². The lowest BCUT2D eigenvalue weighted by molar-refractivity contribution is 0.568. The standard InChI is InChI=1S/C20H20O2S2/c1-24(21,22)17-8-4-15(5-9-17)19-13-20(10-11-20)12-18(19)14-2-6-16(23)7-3-14/h2-9,23H,10-13H2,1H3. The Kier molecular flexibility index (Phi) is 3.66. The normalized spacial score (nSPS) is 19.1. The maximum Gasteiger partial charge on any atom is 0.175 e. The van der Waals surface area contributed by atoms with Gasteiger partial charge in [0, 0.05) is 11.2 Å². The van der Waals surface area contributed by atoms with E-state index in [1.165, 1.54) is 35.8 Å². The van der Waals surface area contributed by atoms with E-state index in [9.17, 15) is 8.42 Å². The van der Waals surface area contributed by atoms with Gasteiger partial charge in [-0.05, 0) is 77.6 Å². The number of hydrogen-bond acceptors (Lipinski definition) is 3. The van der Waals surface area contributed by atoms with Crippen LogP contribution in [-0.2, 0) is 9.84 Å². The van der Waals surface area contributed by atoms with Gasteiger partial charge in [-0.15, -0.1) is 12.6 Å². The molecule has 1 fully saturated rings. The molecule has 0 heterocycles. The van der Waals surface area contributed by atoms with Crippen LogP contribution in [0.5, 0.6) is 0 Å². The van der Waals surface area contributed by atoms with Crippen LogP contribution in [-0.4, -0.2) is 14.7 Å². The second-order valence-electron chi connectivity index (χ2n) is 7.15. The molecule has 0 N–H and O–H groups in total. The van der Waals surface area contributed by atoms with Crippen LogP contribution in [0.4, 0.5) is 0 Å². The summed E-state index contributed by atoms with van der Waals surface area (Å²) in [6.07, 6.45) is 6.07. The molecule has 0 aromatic heterocycles. The molecule has 0 atom stereocenters. The van der Waals surface area contributed by atoms with Gasteiger partial charge >= 0.3 is 0 Å². The monoisotopic (exact) mass is 356 g/mol. The Morgan fingerprint density at radius 1 is 0.833 bits per heavy atom. The van der Waals surface area contributed by atoms with Crippen molar-refractivity contribution < 1.29 is 8.42 Å². The van der Waals surface area contributed by atoms with Crippen LogP contribution >= 0.6 is 12.6 Å². The second kappa shape index (κ2) is 5.50. The quantitative estimate of drug-likeness (QED) is 0.797. The van der Waals surface area contributed by atoms with Gasteiger partial charge < -0.3 is 0 Å². The highest BCUT2D eigenvalue weighted by Crippen LogP contribution is 2.63. The molecule has 0 amide bonds. The first kappa shape index (κ1) is 16.0. The fourth-order valence-corrected chi connectivity index (χ4v) is 4.45. The number of benzene rings is 2. The molecule has 4 rings (SSSR count). The zero-order valence-corrected chi connectivity index (χ0v) is 15.3. The van der Waals surface area contributed by atoms with Gasteiger partial charge in [-0.25, -0.2) is 8.42 Å². The van der Waals surface area contributed by atoms with Gasteiger partial charge in [0.05, 0.1) is 4.90 Å². The van der Waals surface area contributed by atoms with Gasteiger partial charge in [0.1, 0.15) is 0 Å². The van der Waals surface area contributed by atoms with Crippen molar-refractivity contribution in [2.75, 3.05) is 6.26 Å². The molecular weight excluding hydrogens is 336 g/mol. The Bertz CT molecular complexity index is 917. The summed E-state index contributed by atoms with van der Waals surface area (Å²) >= 11 is 4.38. The zero-order chi connectivity index (χ0) is 16.9. The fourth-order valence-electron chi connectivity index (χ4n) is 3.67. The third-order valence-electron chi connectivity index (χ3n) is 5.27. The van der Waals surface area contributed by atoms with E-state index in [0.29, 0.717) is 10.3 Å². The summed E-state index contributed by atoms with van der Waals surface area (Å²) in [6, 6.07) is 15.7. The Hall–Kier alpha value is -1.52. The molecule has 0 aliphatic heterocycles. The number of thiol groups is 1. The summed E-state index contributed by atoms with van der Waals surface area (Å²) in [5.41, 5.74) is 5.65. The smallest absolute Gasteiger partial charge is 0.175 e. The third kappa shape index (κ3) is 2.93. The summed E-state index contributed by atoms with van der Waals surface area (Å²) < 4.78 is 23.4. The maximum atomic E-state index is 11.7. The van der Waals surface area contributed by atoms with E-state index in [-0.39, 0.29) is 0 Å². The summed E-state index contributed by atoms with van der Waals surface area (Å²) in [5.74, 6) is 0. The number of rotatable bonds is 3. The van der Waals surface area contributed by atoms with Crippen LogP contribution < -0.4 is 0 Å². The molecular formula is C20H20O2S2. The molecule has 24 heavy (non-hydrogen) atoms. The minimum Gasteiger partial charge on any atom is -0.224 e. The molecule has 1 spiro atoms. The van der Waals surface area contributed by atoms with E-state index < -0.39 is 9.84 Å². The summed E-state index contributed by atoms with van der Waals surface area (Å²) in [6.45, 7) is 0. The molecule has 2 aromatic carbocycles. The van der Waals surface area contributed by atoms with Crippen molar-refractivity contribution >= 4 is 33.6 Å². The van der Waals surface area contributed by atoms with Crippen molar-refractivity contribution in [3.8, 4) is 0 Å². The van der Waals surface area contributed by atoms with Crippen LogP contribution in [0.1, 0.15) is 36.8 Å². The minimum absolute atomic E-state index is 0.381. The van der Waals surface area contributed by atoms with Crippen molar-refractivity contribution in [2.45, 2.75) is 35.5 Å². The minimum atomic E-state index is -3.15. The van der Waals surface area contributed by atoms with Crippen LogP contribution in [0.3, 0.4) is 0 Å². The fraction of sp³-hybridized carbons (Fsp3) is 0.300. The van der Waals surface area contributed by atoms with Crippen LogP contribution in [0.15, 0.2) is 58.3 Å². The van der Waals surface area contributed by atoms with E-state index >= 15 is 0 Å². The van der Waals surface area contributed by atoms with Crippen LogP contribution in [0.25, 0.3) is 11.1 Å². The Morgan fingerprint density at radius 2 is 1.29 bits per heavy atom. The molecule has 0 bridgehead atoms. The molecule has 124 valence electrons. The van der Waals surface area contributed by atoms with Gasteiger partial charge in [-0.3, -0.25) is 0 Å². The van der Waals surface area contributed by atoms with Gasteiger partial charge in [0.25, 0.3) is 0 Å². The van der Waals surface area contributed by atoms with Crippen molar-refractivity contribution in [1.29, 1.82) is 0 Å². The van der Waals surface area contributed by atoms with Crippen molar-refractivity contribution in [2.24, 2.45) is 5.41 Å². The first-order valence-corrected chi connectivity index (χ1v) is 10.5. The number of hydrogen-bond donors (Lipinski definition) is 1. The third-order valence-corrected chi connectivity index (χ3v) is 6.70. The lowest BCUT2D eigenvalue weighted by atomic mass is 9.97. The predicted molar refractivity (Wildman–Crippen MR) is 101 cm³/mol. The molecule has 2 aliphatic rings. The van der Waals surface area contributed by atoms with Gasteiger partial charge in [0.15, 0.2) is 9.84 Å². The molecule has 0 unspecified atom stereocenters. The number of allylic oxidation sites excluding steroid dienone is 2. The molecule has 2 aliphatic carbocycles. The van der Waals surface area contributed by atoms with E-state index in [1.54, 1.807) is 12.1 Å². The highest BCUT2D eigenvalue weighted by atomic mass is 32.2. The first-order valence-electron chi connectivity index (χ1n) is 8.18. The summed E-state index contributed by atoms with van der Waals surface area (Å²) in [4.78, 5) is 1.35. The van der Waals surface area contributed by atoms with E-state index in [2.05, 4.69) is 24.8 Å². The average Bonchev–Trinajstić information content (AvgIpc) is 3.19. The molecule has 1 saturated carbocycles. The van der Waals surface area contributed by atoms with Gasteiger partial charge in [-0.2, -0.15) is 0 Å². The van der Waals surface area contributed by atoms with Gasteiger partial charge in [0.2, 0.25) is 0 Å². The maximum absolute atomic E-state index is 11.7. The van der Waals surface area contributed by atoms with Gasteiger partial charge in [-0.1, -0.05) is 24.3 Å². The van der Waals surface area contributed by atoms with Crippen LogP contribution in [0, 0.1) is 5.41 Å². The van der Waals surface area contributed by atoms with E-state index in [1.807, 2.05) is 24.3 Å². The van der Waals surface area contributed by atoms with Crippen molar-refractivity contribution in [1.82, 2.24) is 0 Å². The summed E-state index contributed by atoms with van der Waals surface area (Å²) in [7, 11) is -3.15. The average molecular weight is 357 g/mol. The Balaban J connectivity index is 1.77. The Labute approximate surface area is 148 Å². The highest BCUT2D eigenvalue weighted by Gasteiger charge is 2.48. The predicted octanol–water partition coefficient (Wildman–Crippen LogP) is 4.86. The largest absolute Gasteiger partial charge is 0.224 e. The Morgan fingerprint density at radius 3 is 1.71 bits per heavy atom. The summed E-state index contributed by atoms with van der Waals surface area (Å²) in [5, 5.41) is 0. The van der Waals surface area contributed by atoms with Crippen molar-refractivity contribution in [3.63, 3.8) is 0 Å². The first-order chi connectivity index (χ1) is 11.4. The lowest BCUT2D eigenvalue weighted by Crippen LogP contribution is -1.97. The zero-order valence-electron chi connectivity index (χ0n) is 13.6. The topological polar surface area (TPSA) is 34.1 Å². The van der Waals surface area contributed by atoms with Crippen molar-refractivity contribution in [3.05, 3.63) is 59.7 Å². The van der Waals surface area contributed by atoms with E-state index in [4.69, 9.17) is 0 Å². The number of sulfone groups is 1. The van der Waals surface area contributed by atoms with E-state index in [0.717, 1.165) is 23.3 Å². The molecule has 0 saturated heterocycles. The molecule has 0 radical (unpaired) electrons.